The van der Waals surface area contributed by atoms with Gasteiger partial charge in [0.05, 0.1) is 7.11 Å². The van der Waals surface area contributed by atoms with Gasteiger partial charge < -0.3 is 9.84 Å². The van der Waals surface area contributed by atoms with E-state index in [-0.39, 0.29) is 5.82 Å². The Bertz CT molecular complexity index is 517. The number of aliphatic hydroxyl groups excluding tert-OH is 1. The van der Waals surface area contributed by atoms with Crippen molar-refractivity contribution in [1.29, 1.82) is 0 Å². The molecule has 2 aromatic rings. The highest BCUT2D eigenvalue weighted by molar-refractivity contribution is 5.23. The Morgan fingerprint density at radius 1 is 1.22 bits per heavy atom. The molecule has 1 heterocycles. The van der Waals surface area contributed by atoms with Crippen molar-refractivity contribution < 1.29 is 14.2 Å². The van der Waals surface area contributed by atoms with Crippen molar-refractivity contribution in [3.05, 3.63) is 53.7 Å². The Kier molecular flexibility index (Phi) is 3.84. The van der Waals surface area contributed by atoms with Crippen molar-refractivity contribution in [2.24, 2.45) is 0 Å². The number of hydrogen-bond acceptors (Lipinski definition) is 4. The van der Waals surface area contributed by atoms with Crippen molar-refractivity contribution in [2.45, 2.75) is 12.5 Å². The van der Waals surface area contributed by atoms with Crippen LogP contribution in [-0.2, 0) is 6.42 Å². The molecule has 0 spiro atoms. The molecule has 0 saturated heterocycles. The summed E-state index contributed by atoms with van der Waals surface area (Å²) in [4.78, 5) is 8.02. The first-order valence-electron chi connectivity index (χ1n) is 5.48. The van der Waals surface area contributed by atoms with Crippen molar-refractivity contribution in [2.75, 3.05) is 7.11 Å². The number of benzene rings is 1. The van der Waals surface area contributed by atoms with Crippen LogP contribution in [0.3, 0.4) is 0 Å². The number of nitrogens with zero attached hydrogens (tertiary/aromatic N) is 2. The van der Waals surface area contributed by atoms with E-state index in [0.29, 0.717) is 18.0 Å². The van der Waals surface area contributed by atoms with Crippen molar-refractivity contribution in [1.82, 2.24) is 9.97 Å². The van der Waals surface area contributed by atoms with Crippen LogP contribution >= 0.6 is 0 Å². The van der Waals surface area contributed by atoms with Gasteiger partial charge in [0, 0.05) is 18.8 Å². The Morgan fingerprint density at radius 3 is 2.56 bits per heavy atom. The molecule has 1 aromatic carbocycles. The standard InChI is InChI=1S/C13H13FN2O2/c1-18-13-12(15-6-7-16-13)11(17)8-9-2-4-10(14)5-3-9/h2-7,11,17H,8H2,1H3. The van der Waals surface area contributed by atoms with Crippen molar-refractivity contribution >= 4 is 0 Å². The first kappa shape index (κ1) is 12.4. The summed E-state index contributed by atoms with van der Waals surface area (Å²) in [5.74, 6) is -0.00238. The molecule has 0 aliphatic carbocycles. The van der Waals surface area contributed by atoms with Crippen LogP contribution in [0.4, 0.5) is 4.39 Å². The molecule has 0 aliphatic rings. The van der Waals surface area contributed by atoms with Gasteiger partial charge in [-0.2, -0.15) is 0 Å². The van der Waals surface area contributed by atoms with E-state index >= 15 is 0 Å². The maximum absolute atomic E-state index is 12.8. The second-order valence-corrected chi connectivity index (χ2v) is 3.80. The fraction of sp³-hybridized carbons (Fsp3) is 0.231. The van der Waals surface area contributed by atoms with E-state index in [2.05, 4.69) is 9.97 Å². The third-order valence-electron chi connectivity index (χ3n) is 2.54. The predicted molar refractivity (Wildman–Crippen MR) is 63.6 cm³/mol. The number of rotatable bonds is 4. The van der Waals surface area contributed by atoms with Crippen LogP contribution in [0.15, 0.2) is 36.7 Å². The fourth-order valence-corrected chi connectivity index (χ4v) is 1.66. The molecular weight excluding hydrogens is 235 g/mol. The molecule has 18 heavy (non-hydrogen) atoms. The van der Waals surface area contributed by atoms with Gasteiger partial charge in [0.1, 0.15) is 17.6 Å². The molecule has 1 unspecified atom stereocenters. The monoisotopic (exact) mass is 248 g/mol. The second kappa shape index (κ2) is 5.55. The summed E-state index contributed by atoms with van der Waals surface area (Å²) in [7, 11) is 1.47. The van der Waals surface area contributed by atoms with Gasteiger partial charge in [0.15, 0.2) is 0 Å². The minimum Gasteiger partial charge on any atom is -0.480 e. The molecule has 4 nitrogen and oxygen atoms in total. The van der Waals surface area contributed by atoms with E-state index in [4.69, 9.17) is 4.74 Å². The summed E-state index contributed by atoms with van der Waals surface area (Å²) in [6.45, 7) is 0. The first-order valence-corrected chi connectivity index (χ1v) is 5.48. The number of aromatic nitrogens is 2. The Morgan fingerprint density at radius 2 is 1.89 bits per heavy atom. The third-order valence-corrected chi connectivity index (χ3v) is 2.54. The van der Waals surface area contributed by atoms with Gasteiger partial charge in [-0.25, -0.2) is 9.37 Å². The molecule has 0 fully saturated rings. The van der Waals surface area contributed by atoms with Gasteiger partial charge in [-0.05, 0) is 17.7 Å². The van der Waals surface area contributed by atoms with Gasteiger partial charge in [-0.3, -0.25) is 4.98 Å². The van der Waals surface area contributed by atoms with Crippen LogP contribution in [0, 0.1) is 5.82 Å². The molecule has 94 valence electrons. The van der Waals surface area contributed by atoms with Gasteiger partial charge in [-0.15, -0.1) is 0 Å². The molecule has 1 atom stereocenters. The molecule has 1 aromatic heterocycles. The average molecular weight is 248 g/mol. The highest BCUT2D eigenvalue weighted by Gasteiger charge is 2.16. The molecule has 5 heteroatoms. The summed E-state index contributed by atoms with van der Waals surface area (Å²) < 4.78 is 17.8. The SMILES string of the molecule is COc1nccnc1C(O)Cc1ccc(F)cc1. The normalized spacial score (nSPS) is 12.2. The minimum atomic E-state index is -0.834. The fourth-order valence-electron chi connectivity index (χ4n) is 1.66. The van der Waals surface area contributed by atoms with Gasteiger partial charge in [0.25, 0.3) is 0 Å². The largest absolute Gasteiger partial charge is 0.480 e. The molecule has 0 saturated carbocycles. The number of aliphatic hydroxyl groups is 1. The van der Waals surface area contributed by atoms with Gasteiger partial charge in [-0.1, -0.05) is 12.1 Å². The van der Waals surface area contributed by atoms with E-state index < -0.39 is 6.10 Å². The lowest BCUT2D eigenvalue weighted by Crippen LogP contribution is -2.07. The average Bonchev–Trinajstić information content (AvgIpc) is 2.41. The zero-order valence-corrected chi connectivity index (χ0v) is 9.88. The van der Waals surface area contributed by atoms with Crippen LogP contribution < -0.4 is 4.74 Å². The van der Waals surface area contributed by atoms with E-state index in [1.54, 1.807) is 12.1 Å². The number of halogens is 1. The number of methoxy groups -OCH3 is 1. The zero-order valence-electron chi connectivity index (χ0n) is 9.88. The van der Waals surface area contributed by atoms with Crippen LogP contribution in [0.25, 0.3) is 0 Å². The predicted octanol–water partition coefficient (Wildman–Crippen LogP) is 1.90. The maximum Gasteiger partial charge on any atom is 0.238 e. The summed E-state index contributed by atoms with van der Waals surface area (Å²) in [6.07, 6.45) is 2.48. The molecule has 0 amide bonds. The van der Waals surface area contributed by atoms with Crippen LogP contribution in [0.2, 0.25) is 0 Å². The maximum atomic E-state index is 12.8. The smallest absolute Gasteiger partial charge is 0.238 e. The summed E-state index contributed by atoms with van der Waals surface area (Å²) in [6, 6.07) is 5.97. The van der Waals surface area contributed by atoms with Crippen molar-refractivity contribution in [3.63, 3.8) is 0 Å². The summed E-state index contributed by atoms with van der Waals surface area (Å²) >= 11 is 0. The molecule has 0 bridgehead atoms. The molecule has 0 aliphatic heterocycles. The topological polar surface area (TPSA) is 55.2 Å². The molecular formula is C13H13FN2O2. The molecule has 0 radical (unpaired) electrons. The summed E-state index contributed by atoms with van der Waals surface area (Å²) in [5.41, 5.74) is 1.20. The third kappa shape index (κ3) is 2.81. The lowest BCUT2D eigenvalue weighted by Gasteiger charge is -2.12. The Labute approximate surface area is 104 Å². The van der Waals surface area contributed by atoms with Gasteiger partial charge in [0.2, 0.25) is 5.88 Å². The highest BCUT2D eigenvalue weighted by Crippen LogP contribution is 2.23. The highest BCUT2D eigenvalue weighted by atomic mass is 19.1. The van der Waals surface area contributed by atoms with E-state index in [1.807, 2.05) is 0 Å². The lowest BCUT2D eigenvalue weighted by molar-refractivity contribution is 0.167. The summed E-state index contributed by atoms with van der Waals surface area (Å²) in [5, 5.41) is 10.1. The molecule has 1 N–H and O–H groups in total. The van der Waals surface area contributed by atoms with Crippen molar-refractivity contribution in [3.8, 4) is 5.88 Å². The first-order chi connectivity index (χ1) is 8.70. The minimum absolute atomic E-state index is 0.298. The Hall–Kier alpha value is -2.01. The van der Waals surface area contributed by atoms with Gasteiger partial charge >= 0.3 is 0 Å². The zero-order chi connectivity index (χ0) is 13.0. The van der Waals surface area contributed by atoms with E-state index in [0.717, 1.165) is 5.56 Å². The number of ether oxygens (including phenoxy) is 1. The quantitative estimate of drug-likeness (QED) is 0.897. The number of hydrogen-bond donors (Lipinski definition) is 1. The lowest BCUT2D eigenvalue weighted by atomic mass is 10.1. The van der Waals surface area contributed by atoms with E-state index in [9.17, 15) is 9.50 Å². The Balaban J connectivity index is 2.16. The molecule has 2 rings (SSSR count). The van der Waals surface area contributed by atoms with Crippen LogP contribution in [0.1, 0.15) is 17.4 Å². The second-order valence-electron chi connectivity index (χ2n) is 3.80. The van der Waals surface area contributed by atoms with Crippen LogP contribution in [-0.4, -0.2) is 22.2 Å². The van der Waals surface area contributed by atoms with Crippen LogP contribution in [0.5, 0.6) is 5.88 Å². The van der Waals surface area contributed by atoms with E-state index in [1.165, 1.54) is 31.6 Å².